The normalized spacial score (nSPS) is 19.8. The number of likely N-dealkylation sites (tertiary alicyclic amines) is 1. The lowest BCUT2D eigenvalue weighted by molar-refractivity contribution is 0.121. The Labute approximate surface area is 216 Å². The second kappa shape index (κ2) is 12.4. The minimum absolute atomic E-state index is 0.0279. The third-order valence-corrected chi connectivity index (χ3v) is 7.74. The molecule has 4 rings (SSSR count). The van der Waals surface area contributed by atoms with Gasteiger partial charge >= 0.3 is 6.03 Å². The molecule has 1 unspecified atom stereocenters. The molecule has 0 saturated carbocycles. The Balaban J connectivity index is 1.43. The molecule has 7 nitrogen and oxygen atoms in total. The lowest BCUT2D eigenvalue weighted by atomic mass is 9.94. The highest BCUT2D eigenvalue weighted by molar-refractivity contribution is 5.98. The van der Waals surface area contributed by atoms with Crippen molar-refractivity contribution >= 4 is 17.6 Å². The Bertz CT molecular complexity index is 1000. The average Bonchev–Trinajstić information content (AvgIpc) is 2.90. The van der Waals surface area contributed by atoms with E-state index in [1.165, 1.54) is 5.56 Å². The van der Waals surface area contributed by atoms with Crippen LogP contribution in [-0.2, 0) is 6.54 Å². The number of carbonyl (C=O) groups excluding carboxylic acids is 1. The molecule has 2 heterocycles. The highest BCUT2D eigenvalue weighted by atomic mass is 16.2. The van der Waals surface area contributed by atoms with Crippen LogP contribution in [0.4, 0.5) is 10.5 Å². The van der Waals surface area contributed by atoms with Crippen LogP contribution in [0.2, 0.25) is 0 Å². The number of nitrogens with one attached hydrogen (secondary N) is 1. The third kappa shape index (κ3) is 6.65. The number of carbonyl (C=O) groups is 1. The first-order chi connectivity index (χ1) is 17.5. The fourth-order valence-electron chi connectivity index (χ4n) is 5.61. The number of hydrogen-bond acceptors (Lipinski definition) is 4. The van der Waals surface area contributed by atoms with Crippen LogP contribution in [0.1, 0.15) is 37.8 Å². The molecule has 0 bridgehead atoms. The van der Waals surface area contributed by atoms with E-state index in [1.807, 2.05) is 29.2 Å². The lowest BCUT2D eigenvalue weighted by Crippen LogP contribution is -2.57. The summed E-state index contributed by atoms with van der Waals surface area (Å²) in [5.41, 5.74) is 8.60. The van der Waals surface area contributed by atoms with E-state index in [2.05, 4.69) is 58.9 Å². The molecule has 194 valence electrons. The Hall–Kier alpha value is -2.90. The van der Waals surface area contributed by atoms with Crippen LogP contribution in [-0.4, -0.2) is 78.9 Å². The summed E-state index contributed by atoms with van der Waals surface area (Å²) >= 11 is 0. The van der Waals surface area contributed by atoms with Gasteiger partial charge in [-0.25, -0.2) is 4.79 Å². The quantitative estimate of drug-likeness (QED) is 0.388. The van der Waals surface area contributed by atoms with Gasteiger partial charge in [0.2, 0.25) is 0 Å². The van der Waals surface area contributed by atoms with Gasteiger partial charge in [-0.1, -0.05) is 56.3 Å². The first-order valence-electron chi connectivity index (χ1n) is 13.5. The van der Waals surface area contributed by atoms with E-state index in [9.17, 15) is 4.79 Å². The van der Waals surface area contributed by atoms with Gasteiger partial charge in [0.15, 0.2) is 0 Å². The molecule has 2 aromatic carbocycles. The number of nitrogens with two attached hydrogens (primary N) is 1. The van der Waals surface area contributed by atoms with E-state index in [0.717, 1.165) is 70.9 Å². The van der Waals surface area contributed by atoms with Crippen molar-refractivity contribution in [1.29, 1.82) is 5.41 Å². The molecule has 2 saturated heterocycles. The Morgan fingerprint density at radius 1 is 1.00 bits per heavy atom. The van der Waals surface area contributed by atoms with Crippen molar-refractivity contribution in [2.24, 2.45) is 17.6 Å². The van der Waals surface area contributed by atoms with Gasteiger partial charge < -0.3 is 15.5 Å². The second-order valence-electron chi connectivity index (χ2n) is 10.3. The first-order valence-corrected chi connectivity index (χ1v) is 13.5. The van der Waals surface area contributed by atoms with E-state index in [-0.39, 0.29) is 11.9 Å². The highest BCUT2D eigenvalue weighted by Gasteiger charge is 2.35. The standard InChI is InChI=1S/C29H42N6O/c1-3-32(4-2)19-25-21-34(29(36)35(22-25)27-12-8-11-26(17-27)28(30)31)20-24-13-15-33(16-14-24)18-23-9-6-5-7-10-23/h5-12,17,24-25H,3-4,13-16,18-22H2,1-2H3,(H3,30,31). The van der Waals surface area contributed by atoms with E-state index < -0.39 is 0 Å². The van der Waals surface area contributed by atoms with Crippen LogP contribution < -0.4 is 10.6 Å². The molecule has 2 aromatic rings. The van der Waals surface area contributed by atoms with Crippen molar-refractivity contribution in [3.8, 4) is 0 Å². The number of benzene rings is 2. The number of anilines is 1. The van der Waals surface area contributed by atoms with Gasteiger partial charge in [-0.3, -0.25) is 15.2 Å². The highest BCUT2D eigenvalue weighted by Crippen LogP contribution is 2.27. The summed E-state index contributed by atoms with van der Waals surface area (Å²) in [6.07, 6.45) is 2.24. The van der Waals surface area contributed by atoms with E-state index >= 15 is 0 Å². The zero-order valence-electron chi connectivity index (χ0n) is 21.9. The fraction of sp³-hybridized carbons (Fsp3) is 0.517. The summed E-state index contributed by atoms with van der Waals surface area (Å²) in [5.74, 6) is 0.931. The molecule has 1 atom stereocenters. The van der Waals surface area contributed by atoms with Crippen LogP contribution in [0.15, 0.2) is 54.6 Å². The third-order valence-electron chi connectivity index (χ3n) is 7.74. The SMILES string of the molecule is CCN(CC)CC1CN(CC2CCN(Cc3ccccc3)CC2)C(=O)N(c2cccc(C(=N)N)c2)C1. The Morgan fingerprint density at radius 3 is 2.39 bits per heavy atom. The molecule has 36 heavy (non-hydrogen) atoms. The Morgan fingerprint density at radius 2 is 1.72 bits per heavy atom. The Kier molecular flexibility index (Phi) is 8.99. The molecule has 0 aromatic heterocycles. The molecule has 7 heteroatoms. The van der Waals surface area contributed by atoms with Crippen molar-refractivity contribution in [2.45, 2.75) is 33.2 Å². The maximum absolute atomic E-state index is 13.7. The lowest BCUT2D eigenvalue weighted by Gasteiger charge is -2.43. The molecule has 2 fully saturated rings. The number of rotatable bonds is 10. The van der Waals surface area contributed by atoms with Gasteiger partial charge in [0.05, 0.1) is 0 Å². The fourth-order valence-corrected chi connectivity index (χ4v) is 5.61. The topological polar surface area (TPSA) is 79.9 Å². The van der Waals surface area contributed by atoms with E-state index in [1.54, 1.807) is 0 Å². The molecule has 2 aliphatic heterocycles. The largest absolute Gasteiger partial charge is 0.384 e. The predicted octanol–water partition coefficient (Wildman–Crippen LogP) is 4.08. The number of nitrogens with zero attached hydrogens (tertiary/aromatic N) is 4. The van der Waals surface area contributed by atoms with Crippen LogP contribution in [0.25, 0.3) is 0 Å². The predicted molar refractivity (Wildman–Crippen MR) is 147 cm³/mol. The van der Waals surface area contributed by atoms with Gasteiger partial charge in [-0.15, -0.1) is 0 Å². The minimum Gasteiger partial charge on any atom is -0.384 e. The smallest absolute Gasteiger partial charge is 0.324 e. The minimum atomic E-state index is 0.0279. The molecule has 0 radical (unpaired) electrons. The molecule has 2 aliphatic rings. The van der Waals surface area contributed by atoms with Gasteiger partial charge in [0.1, 0.15) is 5.84 Å². The molecule has 3 N–H and O–H groups in total. The van der Waals surface area contributed by atoms with E-state index in [0.29, 0.717) is 23.9 Å². The molecule has 0 aliphatic carbocycles. The number of amidine groups is 1. The molecular formula is C29H42N6O. The summed E-state index contributed by atoms with van der Waals surface area (Å²) in [6, 6.07) is 18.3. The maximum Gasteiger partial charge on any atom is 0.324 e. The van der Waals surface area contributed by atoms with Crippen LogP contribution in [0.3, 0.4) is 0 Å². The number of hydrogen-bond donors (Lipinski definition) is 2. The monoisotopic (exact) mass is 490 g/mol. The second-order valence-corrected chi connectivity index (χ2v) is 10.3. The average molecular weight is 491 g/mol. The van der Waals surface area contributed by atoms with Crippen LogP contribution in [0.5, 0.6) is 0 Å². The number of urea groups is 1. The van der Waals surface area contributed by atoms with Crippen molar-refractivity contribution in [2.75, 3.05) is 57.3 Å². The first kappa shape index (κ1) is 26.2. The molecule has 0 spiro atoms. The summed E-state index contributed by atoms with van der Waals surface area (Å²) in [7, 11) is 0. The zero-order valence-corrected chi connectivity index (χ0v) is 21.9. The number of amides is 2. The van der Waals surface area contributed by atoms with Gasteiger partial charge in [-0.05, 0) is 62.6 Å². The van der Waals surface area contributed by atoms with Gasteiger partial charge in [-0.2, -0.15) is 0 Å². The summed E-state index contributed by atoms with van der Waals surface area (Å²) in [5, 5.41) is 7.83. The molecule has 2 amide bonds. The summed E-state index contributed by atoms with van der Waals surface area (Å²) < 4.78 is 0. The van der Waals surface area contributed by atoms with Crippen molar-refractivity contribution in [3.63, 3.8) is 0 Å². The molecular weight excluding hydrogens is 448 g/mol. The van der Waals surface area contributed by atoms with Crippen molar-refractivity contribution in [1.82, 2.24) is 14.7 Å². The number of piperidine rings is 1. The van der Waals surface area contributed by atoms with Gasteiger partial charge in [0, 0.05) is 49.9 Å². The van der Waals surface area contributed by atoms with Crippen molar-refractivity contribution < 1.29 is 4.79 Å². The zero-order chi connectivity index (χ0) is 25.5. The van der Waals surface area contributed by atoms with Crippen molar-refractivity contribution in [3.05, 3.63) is 65.7 Å². The summed E-state index contributed by atoms with van der Waals surface area (Å²) in [6.45, 7) is 12.9. The number of nitrogen functional groups attached to an aromatic ring is 1. The van der Waals surface area contributed by atoms with Crippen LogP contribution in [0, 0.1) is 17.2 Å². The van der Waals surface area contributed by atoms with Gasteiger partial charge in [0.25, 0.3) is 0 Å². The van der Waals surface area contributed by atoms with E-state index in [4.69, 9.17) is 11.1 Å². The van der Waals surface area contributed by atoms with Crippen LogP contribution >= 0.6 is 0 Å². The maximum atomic E-state index is 13.7. The summed E-state index contributed by atoms with van der Waals surface area (Å²) in [4.78, 5) is 22.7.